The van der Waals surface area contributed by atoms with E-state index in [4.69, 9.17) is 26.3 Å². The molecule has 0 radical (unpaired) electrons. The van der Waals surface area contributed by atoms with Gasteiger partial charge in [0.1, 0.15) is 12.4 Å². The number of benzene rings is 1. The Labute approximate surface area is 257 Å². The summed E-state index contributed by atoms with van der Waals surface area (Å²) in [5.41, 5.74) is 5.71. The van der Waals surface area contributed by atoms with Crippen molar-refractivity contribution in [1.29, 1.82) is 5.26 Å². The molecule has 2 aromatic rings. The molecule has 0 spiro atoms. The number of aryl methyl sites for hydroxylation is 1. The first-order valence-electron chi connectivity index (χ1n) is 15.3. The van der Waals surface area contributed by atoms with Crippen LogP contribution < -0.4 is 14.5 Å². The number of ether oxygens (including phenoxy) is 1. The molecule has 1 amide bonds. The van der Waals surface area contributed by atoms with Gasteiger partial charge in [-0.1, -0.05) is 18.7 Å². The van der Waals surface area contributed by atoms with Crippen LogP contribution in [-0.4, -0.2) is 84.1 Å². The number of amides is 1. The number of aromatic nitrogens is 2. The van der Waals surface area contributed by atoms with Gasteiger partial charge in [0, 0.05) is 43.5 Å². The fourth-order valence-electron chi connectivity index (χ4n) is 7.10. The van der Waals surface area contributed by atoms with Crippen LogP contribution in [0, 0.1) is 11.3 Å². The van der Waals surface area contributed by atoms with Gasteiger partial charge in [-0.25, -0.2) is 4.39 Å². The molecule has 1 aromatic heterocycles. The first-order valence-corrected chi connectivity index (χ1v) is 15.8. The summed E-state index contributed by atoms with van der Waals surface area (Å²) >= 11 is 6.87. The van der Waals surface area contributed by atoms with Gasteiger partial charge in [-0.05, 0) is 69.3 Å². The summed E-state index contributed by atoms with van der Waals surface area (Å²) < 4.78 is 20.1. The van der Waals surface area contributed by atoms with Crippen LogP contribution in [0.1, 0.15) is 59.9 Å². The van der Waals surface area contributed by atoms with Crippen molar-refractivity contribution in [3.8, 4) is 12.1 Å². The van der Waals surface area contributed by atoms with E-state index < -0.39 is 17.8 Å². The van der Waals surface area contributed by atoms with Crippen LogP contribution in [-0.2, 0) is 24.2 Å². The number of likely N-dealkylation sites (tertiary alicyclic amines) is 1. The maximum absolute atomic E-state index is 13.8. The SMILES string of the molecule is C=C(F)C(=O)N1CCN(c2nc(OC[C@@H]3CCCN3C)nc3c2CCN(c2cccc4c2C(Cl)CCC4)C3)C[C@@H]1CC#N. The number of halogens is 2. The van der Waals surface area contributed by atoms with E-state index in [0.717, 1.165) is 68.7 Å². The molecule has 43 heavy (non-hydrogen) atoms. The fraction of sp³-hybridized carbons (Fsp3) is 0.562. The predicted molar refractivity (Wildman–Crippen MR) is 164 cm³/mol. The van der Waals surface area contributed by atoms with Crippen LogP contribution in [0.4, 0.5) is 15.9 Å². The van der Waals surface area contributed by atoms with Crippen molar-refractivity contribution in [3.63, 3.8) is 0 Å². The third kappa shape index (κ3) is 6.02. The molecule has 4 aliphatic rings. The maximum Gasteiger partial charge on any atom is 0.318 e. The van der Waals surface area contributed by atoms with Gasteiger partial charge in [-0.3, -0.25) is 4.79 Å². The number of nitriles is 1. The molecule has 11 heteroatoms. The Morgan fingerprint density at radius 1 is 1.14 bits per heavy atom. The van der Waals surface area contributed by atoms with Gasteiger partial charge in [-0.2, -0.15) is 15.2 Å². The molecule has 3 aliphatic heterocycles. The number of alkyl halides is 1. The van der Waals surface area contributed by atoms with Crippen LogP contribution in [0.15, 0.2) is 30.6 Å². The molecule has 2 saturated heterocycles. The molecule has 0 saturated carbocycles. The third-order valence-electron chi connectivity index (χ3n) is 9.43. The average Bonchev–Trinajstić information content (AvgIpc) is 3.43. The lowest BCUT2D eigenvalue weighted by Crippen LogP contribution is -2.55. The normalized spacial score (nSPS) is 23.9. The number of piperazine rings is 1. The van der Waals surface area contributed by atoms with Gasteiger partial charge in [0.25, 0.3) is 5.91 Å². The summed E-state index contributed by atoms with van der Waals surface area (Å²) in [5, 5.41) is 9.50. The number of rotatable bonds is 7. The molecular weight excluding hydrogens is 569 g/mol. The Bertz CT molecular complexity index is 1430. The van der Waals surface area contributed by atoms with E-state index >= 15 is 0 Å². The fourth-order valence-corrected chi connectivity index (χ4v) is 7.51. The highest BCUT2D eigenvalue weighted by atomic mass is 35.5. The molecule has 4 heterocycles. The lowest BCUT2D eigenvalue weighted by molar-refractivity contribution is -0.131. The second-order valence-corrected chi connectivity index (χ2v) is 12.6. The molecule has 1 aromatic carbocycles. The number of likely N-dealkylation sites (N-methyl/N-ethyl adjacent to an activating group) is 1. The lowest BCUT2D eigenvalue weighted by atomic mass is 9.89. The minimum atomic E-state index is -1.01. The van der Waals surface area contributed by atoms with E-state index in [0.29, 0.717) is 38.3 Å². The Morgan fingerprint density at radius 2 is 2.00 bits per heavy atom. The topological polar surface area (TPSA) is 88.8 Å². The van der Waals surface area contributed by atoms with Crippen molar-refractivity contribution in [3.05, 3.63) is 53.0 Å². The second kappa shape index (κ2) is 12.7. The van der Waals surface area contributed by atoms with Gasteiger partial charge in [-0.15, -0.1) is 11.6 Å². The van der Waals surface area contributed by atoms with E-state index in [1.165, 1.54) is 21.7 Å². The van der Waals surface area contributed by atoms with E-state index in [2.05, 4.69) is 52.6 Å². The zero-order valence-electron chi connectivity index (χ0n) is 24.8. The Hall–Kier alpha value is -3.42. The van der Waals surface area contributed by atoms with Crippen LogP contribution in [0.3, 0.4) is 0 Å². The van der Waals surface area contributed by atoms with Gasteiger partial charge in [0.05, 0.1) is 36.1 Å². The summed E-state index contributed by atoms with van der Waals surface area (Å²) in [5.74, 6) is -0.988. The van der Waals surface area contributed by atoms with E-state index in [1.807, 2.05) is 0 Å². The van der Waals surface area contributed by atoms with Crippen LogP contribution in [0.25, 0.3) is 0 Å². The van der Waals surface area contributed by atoms with Gasteiger partial charge in [0.15, 0.2) is 5.83 Å². The number of nitrogens with zero attached hydrogens (tertiary/aromatic N) is 7. The monoisotopic (exact) mass is 607 g/mol. The smallest absolute Gasteiger partial charge is 0.318 e. The number of fused-ring (bicyclic) bond motifs is 2. The van der Waals surface area contributed by atoms with Crippen LogP contribution >= 0.6 is 11.6 Å². The van der Waals surface area contributed by atoms with Crippen molar-refractivity contribution in [2.45, 2.75) is 69.0 Å². The minimum absolute atomic E-state index is 0.000999. The molecule has 0 N–H and O–H groups in total. The summed E-state index contributed by atoms with van der Waals surface area (Å²) in [6.07, 6.45) is 6.17. The third-order valence-corrected chi connectivity index (χ3v) is 9.87. The highest BCUT2D eigenvalue weighted by molar-refractivity contribution is 6.21. The minimum Gasteiger partial charge on any atom is -0.462 e. The Kier molecular flexibility index (Phi) is 8.73. The van der Waals surface area contributed by atoms with E-state index in [9.17, 15) is 14.4 Å². The number of hydrogen-bond acceptors (Lipinski definition) is 8. The zero-order valence-corrected chi connectivity index (χ0v) is 25.5. The summed E-state index contributed by atoms with van der Waals surface area (Å²) in [6, 6.07) is 8.83. The quantitative estimate of drug-likeness (QED) is 0.335. The van der Waals surface area contributed by atoms with Crippen molar-refractivity contribution in [1.82, 2.24) is 19.8 Å². The van der Waals surface area contributed by atoms with Crippen molar-refractivity contribution in [2.24, 2.45) is 0 Å². The largest absolute Gasteiger partial charge is 0.462 e. The summed E-state index contributed by atoms with van der Waals surface area (Å²) in [6.45, 7) is 7.24. The summed E-state index contributed by atoms with van der Waals surface area (Å²) in [4.78, 5) is 30.6. The standard InChI is InChI=1S/C32H39ClFN7O2/c1-21(34)31(42)41-17-16-40(18-23(41)11-13-35)30-25-12-15-39(28-10-4-7-22-6-3-9-26(33)29(22)28)19-27(25)36-32(37-30)43-20-24-8-5-14-38(24)2/h4,7,10,23-24,26H,1,3,5-6,8-9,11-12,14-20H2,2H3/t23-,24-,26?/m0/s1. The average molecular weight is 608 g/mol. The molecule has 1 aliphatic carbocycles. The number of anilines is 2. The highest BCUT2D eigenvalue weighted by Gasteiger charge is 2.35. The molecule has 2 fully saturated rings. The van der Waals surface area contributed by atoms with E-state index in [1.54, 1.807) is 0 Å². The number of hydrogen-bond donors (Lipinski definition) is 0. The van der Waals surface area contributed by atoms with Gasteiger partial charge >= 0.3 is 6.01 Å². The van der Waals surface area contributed by atoms with Crippen molar-refractivity contribution >= 4 is 29.0 Å². The second-order valence-electron chi connectivity index (χ2n) is 12.1. The summed E-state index contributed by atoms with van der Waals surface area (Å²) in [7, 11) is 2.12. The molecule has 0 bridgehead atoms. The molecule has 228 valence electrons. The Morgan fingerprint density at radius 3 is 2.77 bits per heavy atom. The highest BCUT2D eigenvalue weighted by Crippen LogP contribution is 2.42. The van der Waals surface area contributed by atoms with Gasteiger partial charge < -0.3 is 24.3 Å². The molecule has 6 rings (SSSR count). The van der Waals surface area contributed by atoms with Crippen molar-refractivity contribution < 1.29 is 13.9 Å². The van der Waals surface area contributed by atoms with E-state index in [-0.39, 0.29) is 18.3 Å². The number of carbonyl (C=O) groups is 1. The molecule has 1 unspecified atom stereocenters. The maximum atomic E-state index is 13.8. The van der Waals surface area contributed by atoms with Crippen LogP contribution in [0.2, 0.25) is 0 Å². The first kappa shape index (κ1) is 29.6. The van der Waals surface area contributed by atoms with Crippen LogP contribution in [0.5, 0.6) is 6.01 Å². The first-order chi connectivity index (χ1) is 20.8. The number of carbonyl (C=O) groups excluding carboxylic acids is 1. The molecule has 3 atom stereocenters. The zero-order chi connectivity index (χ0) is 30.1. The predicted octanol–water partition coefficient (Wildman–Crippen LogP) is 4.54. The van der Waals surface area contributed by atoms with Crippen molar-refractivity contribution in [2.75, 3.05) is 56.2 Å². The van der Waals surface area contributed by atoms with Gasteiger partial charge in [0.2, 0.25) is 0 Å². The Balaban J connectivity index is 1.32. The lowest BCUT2D eigenvalue weighted by Gasteiger charge is -2.42. The molecular formula is C32H39ClFN7O2. The molecule has 9 nitrogen and oxygen atoms in total.